The van der Waals surface area contributed by atoms with Gasteiger partial charge in [0, 0.05) is 23.4 Å². The van der Waals surface area contributed by atoms with Crippen LogP contribution in [-0.4, -0.2) is 26.2 Å². The first kappa shape index (κ1) is 13.2. The molecule has 4 heteroatoms. The van der Waals surface area contributed by atoms with E-state index in [4.69, 9.17) is 0 Å². The van der Waals surface area contributed by atoms with E-state index in [1.54, 1.807) is 11.3 Å². The Hall–Kier alpha value is -0.870. The summed E-state index contributed by atoms with van der Waals surface area (Å²) in [7, 11) is 1.41. The Balaban J connectivity index is 2.29. The number of ether oxygens (including phenoxy) is 1. The number of esters is 1. The summed E-state index contributed by atoms with van der Waals surface area (Å²) in [5, 5.41) is 5.37. The van der Waals surface area contributed by atoms with Crippen LogP contribution in [0.2, 0.25) is 0 Å². The fraction of sp³-hybridized carbons (Fsp3) is 0.583. The fourth-order valence-electron chi connectivity index (χ4n) is 1.44. The summed E-state index contributed by atoms with van der Waals surface area (Å²) in [5.74, 6) is -0.165. The van der Waals surface area contributed by atoms with Crippen molar-refractivity contribution in [2.24, 2.45) is 0 Å². The molecule has 3 nitrogen and oxygen atoms in total. The third kappa shape index (κ3) is 3.94. The summed E-state index contributed by atoms with van der Waals surface area (Å²) in [4.78, 5) is 12.3. The molecule has 1 N–H and O–H groups in total. The van der Waals surface area contributed by atoms with E-state index < -0.39 is 0 Å². The Morgan fingerprint density at radius 1 is 1.56 bits per heavy atom. The van der Waals surface area contributed by atoms with Crippen LogP contribution in [0, 0.1) is 0 Å². The Kier molecular flexibility index (Phi) is 4.96. The van der Waals surface area contributed by atoms with Crippen molar-refractivity contribution in [1.82, 2.24) is 5.32 Å². The van der Waals surface area contributed by atoms with Gasteiger partial charge in [-0.2, -0.15) is 0 Å². The van der Waals surface area contributed by atoms with Gasteiger partial charge in [-0.15, -0.1) is 11.3 Å². The zero-order chi connectivity index (χ0) is 12.0. The van der Waals surface area contributed by atoms with Crippen molar-refractivity contribution in [3.63, 3.8) is 0 Å². The summed E-state index contributed by atoms with van der Waals surface area (Å²) in [6, 6.07) is 4.21. The van der Waals surface area contributed by atoms with Crippen molar-refractivity contribution in [1.29, 1.82) is 0 Å². The minimum absolute atomic E-state index is 0.115. The normalized spacial score (nSPS) is 11.4. The zero-order valence-electron chi connectivity index (χ0n) is 10.1. The first-order valence-electron chi connectivity index (χ1n) is 5.38. The lowest BCUT2D eigenvalue weighted by Gasteiger charge is -2.23. The molecule has 0 fully saturated rings. The molecule has 0 aliphatic carbocycles. The molecule has 0 bridgehead atoms. The number of hydrogen-bond acceptors (Lipinski definition) is 4. The molecule has 0 saturated carbocycles. The van der Waals surface area contributed by atoms with E-state index in [1.807, 2.05) is 0 Å². The van der Waals surface area contributed by atoms with Gasteiger partial charge < -0.3 is 10.1 Å². The number of carbonyl (C=O) groups is 1. The molecule has 0 aliphatic rings. The van der Waals surface area contributed by atoms with E-state index in [0.29, 0.717) is 13.0 Å². The molecule has 0 unspecified atom stereocenters. The van der Waals surface area contributed by atoms with Crippen LogP contribution in [0.1, 0.15) is 25.1 Å². The summed E-state index contributed by atoms with van der Waals surface area (Å²) >= 11 is 1.77. The van der Waals surface area contributed by atoms with Gasteiger partial charge in [0.15, 0.2) is 0 Å². The van der Waals surface area contributed by atoms with Crippen molar-refractivity contribution < 1.29 is 9.53 Å². The second-order valence-corrected chi connectivity index (χ2v) is 5.31. The molecule has 0 saturated heterocycles. The average Bonchev–Trinajstić information content (AvgIpc) is 2.78. The van der Waals surface area contributed by atoms with Crippen molar-refractivity contribution in [2.45, 2.75) is 25.7 Å². The van der Waals surface area contributed by atoms with Gasteiger partial charge in [-0.05, 0) is 11.4 Å². The molecule has 0 atom stereocenters. The van der Waals surface area contributed by atoms with Crippen LogP contribution in [0.4, 0.5) is 0 Å². The van der Waals surface area contributed by atoms with Crippen molar-refractivity contribution >= 4 is 17.3 Å². The van der Waals surface area contributed by atoms with Crippen molar-refractivity contribution in [3.05, 3.63) is 22.4 Å². The van der Waals surface area contributed by atoms with E-state index in [-0.39, 0.29) is 11.4 Å². The summed E-state index contributed by atoms with van der Waals surface area (Å²) in [6.07, 6.45) is 0.428. The number of hydrogen-bond donors (Lipinski definition) is 1. The maximum atomic E-state index is 10.9. The minimum Gasteiger partial charge on any atom is -0.469 e. The predicted octanol–water partition coefficient (Wildman–Crippen LogP) is 2.18. The zero-order valence-corrected chi connectivity index (χ0v) is 10.9. The molecule has 0 amide bonds. The van der Waals surface area contributed by atoms with E-state index in [0.717, 1.165) is 6.54 Å². The highest BCUT2D eigenvalue weighted by Crippen LogP contribution is 2.26. The van der Waals surface area contributed by atoms with Gasteiger partial charge in [-0.1, -0.05) is 19.9 Å². The van der Waals surface area contributed by atoms with Gasteiger partial charge in [0.2, 0.25) is 0 Å². The smallest absolute Gasteiger partial charge is 0.306 e. The van der Waals surface area contributed by atoms with Gasteiger partial charge in [-0.25, -0.2) is 0 Å². The van der Waals surface area contributed by atoms with Gasteiger partial charge >= 0.3 is 5.97 Å². The molecule has 0 spiro atoms. The van der Waals surface area contributed by atoms with Crippen LogP contribution in [-0.2, 0) is 14.9 Å². The molecule has 0 aliphatic heterocycles. The molecular weight excluding hydrogens is 222 g/mol. The monoisotopic (exact) mass is 241 g/mol. The van der Waals surface area contributed by atoms with Gasteiger partial charge in [0.25, 0.3) is 0 Å². The topological polar surface area (TPSA) is 38.3 Å². The second kappa shape index (κ2) is 6.01. The van der Waals surface area contributed by atoms with E-state index in [2.05, 4.69) is 41.4 Å². The Morgan fingerprint density at radius 3 is 2.88 bits per heavy atom. The van der Waals surface area contributed by atoms with E-state index in [9.17, 15) is 4.79 Å². The van der Waals surface area contributed by atoms with Crippen LogP contribution in [0.15, 0.2) is 17.5 Å². The highest BCUT2D eigenvalue weighted by Gasteiger charge is 2.20. The van der Waals surface area contributed by atoms with E-state index in [1.165, 1.54) is 12.0 Å². The maximum absolute atomic E-state index is 10.9. The minimum atomic E-state index is -0.165. The number of methoxy groups -OCH3 is 1. The average molecular weight is 241 g/mol. The van der Waals surface area contributed by atoms with Crippen molar-refractivity contribution in [2.75, 3.05) is 20.2 Å². The van der Waals surface area contributed by atoms with Crippen LogP contribution in [0.25, 0.3) is 0 Å². The Morgan fingerprint density at radius 2 is 2.31 bits per heavy atom. The Labute approximate surface area is 101 Å². The van der Waals surface area contributed by atoms with E-state index >= 15 is 0 Å². The molecule has 1 aromatic heterocycles. The molecule has 0 aromatic carbocycles. The third-order valence-electron chi connectivity index (χ3n) is 2.49. The third-order valence-corrected chi connectivity index (χ3v) is 3.72. The number of carbonyl (C=O) groups excluding carboxylic acids is 1. The van der Waals surface area contributed by atoms with Crippen molar-refractivity contribution in [3.8, 4) is 0 Å². The quantitative estimate of drug-likeness (QED) is 0.613. The lowest BCUT2D eigenvalue weighted by Crippen LogP contribution is -2.33. The maximum Gasteiger partial charge on any atom is 0.306 e. The summed E-state index contributed by atoms with van der Waals surface area (Å²) < 4.78 is 4.58. The Bertz CT molecular complexity index is 320. The fourth-order valence-corrected chi connectivity index (χ4v) is 2.30. The van der Waals surface area contributed by atoms with Crippen LogP contribution in [0.3, 0.4) is 0 Å². The largest absolute Gasteiger partial charge is 0.469 e. The van der Waals surface area contributed by atoms with Gasteiger partial charge in [0.1, 0.15) is 0 Å². The molecule has 1 rings (SSSR count). The predicted molar refractivity (Wildman–Crippen MR) is 66.8 cm³/mol. The van der Waals surface area contributed by atoms with Gasteiger partial charge in [-0.3, -0.25) is 4.79 Å². The molecule has 16 heavy (non-hydrogen) atoms. The summed E-state index contributed by atoms with van der Waals surface area (Å²) in [6.45, 7) is 5.93. The first-order valence-corrected chi connectivity index (χ1v) is 6.26. The highest BCUT2D eigenvalue weighted by atomic mass is 32.1. The first-order chi connectivity index (χ1) is 7.56. The number of rotatable bonds is 6. The van der Waals surface area contributed by atoms with Crippen LogP contribution in [0.5, 0.6) is 0 Å². The molecule has 0 radical (unpaired) electrons. The standard InChI is InChI=1S/C12H19NO2S/c1-12(2,10-5-4-8-16-10)9-13-7-6-11(14)15-3/h4-5,8,13H,6-7,9H2,1-3H3. The number of nitrogens with one attached hydrogen (secondary N) is 1. The van der Waals surface area contributed by atoms with Crippen LogP contribution < -0.4 is 5.32 Å². The molecule has 1 heterocycles. The summed E-state index contributed by atoms with van der Waals surface area (Å²) in [5.41, 5.74) is 0.115. The second-order valence-electron chi connectivity index (χ2n) is 4.36. The van der Waals surface area contributed by atoms with Crippen LogP contribution >= 0.6 is 11.3 Å². The highest BCUT2D eigenvalue weighted by molar-refractivity contribution is 7.10. The molecule has 90 valence electrons. The number of thiophene rings is 1. The molecular formula is C12H19NO2S. The molecule has 1 aromatic rings. The lowest BCUT2D eigenvalue weighted by atomic mass is 9.91. The van der Waals surface area contributed by atoms with Gasteiger partial charge in [0.05, 0.1) is 13.5 Å². The lowest BCUT2D eigenvalue weighted by molar-refractivity contribution is -0.140. The SMILES string of the molecule is COC(=O)CCNCC(C)(C)c1cccs1.